The summed E-state index contributed by atoms with van der Waals surface area (Å²) in [7, 11) is 1.65. The smallest absolute Gasteiger partial charge is 0.243 e. The minimum absolute atomic E-state index is 0.0115. The Morgan fingerprint density at radius 1 is 1.21 bits per heavy atom. The standard InChI is InChI=1S/C31H44N4O6S/c1-20-28(42-19-33-20)22-8-6-21(7-9-22)16-32-29(38)25-14-23(36)17-35(25)30(39)24(31(2,3)4)15-26(37)27-18-34(10-12-40-5)11-13-41-27/h6-9,19,23-25,27,36H,10-18H2,1-5H3,(H,32,38)/t23-,24-,25?,27+/m1/s1. The number of likely N-dealkylation sites (tertiary alicyclic amines) is 1. The van der Waals surface area contributed by atoms with Crippen molar-refractivity contribution < 1.29 is 29.0 Å². The normalized spacial score (nSPS) is 22.2. The minimum atomic E-state index is -0.807. The fourth-order valence-corrected chi connectivity index (χ4v) is 6.40. The van der Waals surface area contributed by atoms with Crippen molar-refractivity contribution in [2.24, 2.45) is 11.3 Å². The molecular weight excluding hydrogens is 556 g/mol. The van der Waals surface area contributed by atoms with Gasteiger partial charge in [0.2, 0.25) is 11.8 Å². The number of ether oxygens (including phenoxy) is 2. The molecule has 1 unspecified atom stereocenters. The number of benzene rings is 1. The van der Waals surface area contributed by atoms with Crippen molar-refractivity contribution in [3.63, 3.8) is 0 Å². The second-order valence-corrected chi connectivity index (χ2v) is 13.2. The zero-order valence-electron chi connectivity index (χ0n) is 25.3. The van der Waals surface area contributed by atoms with Crippen molar-refractivity contribution >= 4 is 28.9 Å². The van der Waals surface area contributed by atoms with Gasteiger partial charge < -0.3 is 24.8 Å². The van der Waals surface area contributed by atoms with Gasteiger partial charge in [-0.1, -0.05) is 45.0 Å². The number of aryl methyl sites for hydroxylation is 1. The third-order valence-corrected chi connectivity index (χ3v) is 9.14. The maximum Gasteiger partial charge on any atom is 0.243 e. The van der Waals surface area contributed by atoms with Crippen molar-refractivity contribution in [3.05, 3.63) is 41.0 Å². The van der Waals surface area contributed by atoms with Crippen LogP contribution in [0.15, 0.2) is 29.8 Å². The van der Waals surface area contributed by atoms with E-state index in [1.54, 1.807) is 18.4 Å². The minimum Gasteiger partial charge on any atom is -0.391 e. The van der Waals surface area contributed by atoms with Crippen molar-refractivity contribution in [1.82, 2.24) is 20.1 Å². The number of methoxy groups -OCH3 is 1. The van der Waals surface area contributed by atoms with Crippen molar-refractivity contribution in [3.8, 4) is 10.4 Å². The summed E-state index contributed by atoms with van der Waals surface area (Å²) in [5, 5.41) is 13.4. The Balaban J connectivity index is 1.39. The van der Waals surface area contributed by atoms with Crippen LogP contribution in [0, 0.1) is 18.3 Å². The maximum absolute atomic E-state index is 13.9. The molecule has 2 aromatic rings. The first-order valence-electron chi connectivity index (χ1n) is 14.6. The average Bonchev–Trinajstić information content (AvgIpc) is 3.58. The molecule has 3 heterocycles. The highest BCUT2D eigenvalue weighted by Gasteiger charge is 2.45. The highest BCUT2D eigenvalue weighted by atomic mass is 32.1. The topological polar surface area (TPSA) is 121 Å². The number of aliphatic hydroxyl groups is 1. The molecular formula is C31H44N4O6S. The molecule has 2 saturated heterocycles. The van der Waals surface area contributed by atoms with E-state index in [0.29, 0.717) is 32.8 Å². The van der Waals surface area contributed by atoms with Crippen LogP contribution in [0.4, 0.5) is 0 Å². The molecule has 10 nitrogen and oxygen atoms in total. The van der Waals surface area contributed by atoms with Gasteiger partial charge in [-0.2, -0.15) is 0 Å². The maximum atomic E-state index is 13.9. The predicted molar refractivity (Wildman–Crippen MR) is 161 cm³/mol. The van der Waals surface area contributed by atoms with E-state index in [1.807, 2.05) is 57.5 Å². The predicted octanol–water partition coefficient (Wildman–Crippen LogP) is 2.67. The van der Waals surface area contributed by atoms with Crippen LogP contribution in [-0.4, -0.2) is 102 Å². The third-order valence-electron chi connectivity index (χ3n) is 8.16. The number of carbonyl (C=O) groups excluding carboxylic acids is 3. The molecule has 2 aliphatic rings. The quantitative estimate of drug-likeness (QED) is 0.404. The average molecular weight is 601 g/mol. The summed E-state index contributed by atoms with van der Waals surface area (Å²) in [5.41, 5.74) is 4.27. The number of β-amino-alcohol motifs (C(OH)–C–C–N with tert-alkyl or cyclic N) is 1. The number of hydrogen-bond acceptors (Lipinski definition) is 9. The lowest BCUT2D eigenvalue weighted by atomic mass is 9.76. The van der Waals surface area contributed by atoms with Crippen molar-refractivity contribution in [2.75, 3.05) is 46.5 Å². The molecule has 1 aromatic heterocycles. The Morgan fingerprint density at radius 2 is 1.95 bits per heavy atom. The van der Waals surface area contributed by atoms with Gasteiger partial charge in [-0.15, -0.1) is 11.3 Å². The number of ketones is 1. The van der Waals surface area contributed by atoms with E-state index < -0.39 is 29.6 Å². The zero-order valence-corrected chi connectivity index (χ0v) is 26.1. The van der Waals surface area contributed by atoms with E-state index in [0.717, 1.165) is 28.2 Å². The largest absolute Gasteiger partial charge is 0.391 e. The zero-order chi connectivity index (χ0) is 30.4. The van der Waals surface area contributed by atoms with E-state index >= 15 is 0 Å². The summed E-state index contributed by atoms with van der Waals surface area (Å²) in [5.74, 6) is -1.39. The summed E-state index contributed by atoms with van der Waals surface area (Å²) < 4.78 is 11.0. The molecule has 2 amide bonds. The SMILES string of the molecule is COCCN1CCO[C@H](C(=O)C[C@H](C(=O)N2C[C@H](O)CC2C(=O)NCc2ccc(-c3scnc3C)cc2)C(C)(C)C)C1. The van der Waals surface area contributed by atoms with E-state index in [1.165, 1.54) is 4.90 Å². The van der Waals surface area contributed by atoms with Gasteiger partial charge in [-0.25, -0.2) is 4.98 Å². The fourth-order valence-electron chi connectivity index (χ4n) is 5.58. The Hall–Kier alpha value is -2.70. The number of Topliss-reactive ketones (excluding diaryl/α,β-unsaturated/α-hetero) is 1. The number of hydrogen-bond donors (Lipinski definition) is 2. The highest BCUT2D eigenvalue weighted by Crippen LogP contribution is 2.34. The second-order valence-electron chi connectivity index (χ2n) is 12.3. The molecule has 2 fully saturated rings. The van der Waals surface area contributed by atoms with Crippen LogP contribution in [0.25, 0.3) is 10.4 Å². The fraction of sp³-hybridized carbons (Fsp3) is 0.613. The summed E-state index contributed by atoms with van der Waals surface area (Å²) in [4.78, 5) is 49.6. The van der Waals surface area contributed by atoms with Crippen LogP contribution >= 0.6 is 11.3 Å². The first-order valence-corrected chi connectivity index (χ1v) is 15.5. The lowest BCUT2D eigenvalue weighted by molar-refractivity contribution is -0.149. The van der Waals surface area contributed by atoms with Crippen LogP contribution in [0.3, 0.4) is 0 Å². The number of morpholine rings is 1. The van der Waals surface area contributed by atoms with E-state index in [4.69, 9.17) is 9.47 Å². The number of rotatable bonds is 11. The molecule has 0 bridgehead atoms. The number of amides is 2. The lowest BCUT2D eigenvalue weighted by Crippen LogP contribution is -2.51. The molecule has 0 spiro atoms. The summed E-state index contributed by atoms with van der Waals surface area (Å²) in [6.45, 7) is 11.0. The van der Waals surface area contributed by atoms with Gasteiger partial charge in [0.05, 0.1) is 35.4 Å². The molecule has 0 aliphatic carbocycles. The Morgan fingerprint density at radius 3 is 2.60 bits per heavy atom. The van der Waals surface area contributed by atoms with Gasteiger partial charge in [0, 0.05) is 58.6 Å². The van der Waals surface area contributed by atoms with Crippen LogP contribution in [0.1, 0.15) is 44.9 Å². The number of aliphatic hydroxyl groups excluding tert-OH is 1. The van der Waals surface area contributed by atoms with E-state index in [9.17, 15) is 19.5 Å². The van der Waals surface area contributed by atoms with Crippen LogP contribution in [0.2, 0.25) is 0 Å². The van der Waals surface area contributed by atoms with Crippen LogP contribution < -0.4 is 5.32 Å². The van der Waals surface area contributed by atoms with E-state index in [2.05, 4.69) is 15.2 Å². The summed E-state index contributed by atoms with van der Waals surface area (Å²) >= 11 is 1.59. The molecule has 1 aromatic carbocycles. The van der Waals surface area contributed by atoms with Gasteiger partial charge in [0.1, 0.15) is 12.1 Å². The summed E-state index contributed by atoms with van der Waals surface area (Å²) in [6.07, 6.45) is -1.24. The molecule has 42 heavy (non-hydrogen) atoms. The molecule has 0 saturated carbocycles. The van der Waals surface area contributed by atoms with Gasteiger partial charge in [0.25, 0.3) is 0 Å². The Kier molecular flexibility index (Phi) is 10.9. The van der Waals surface area contributed by atoms with E-state index in [-0.39, 0.29) is 37.0 Å². The van der Waals surface area contributed by atoms with Crippen LogP contribution in [-0.2, 0) is 30.4 Å². The van der Waals surface area contributed by atoms with Gasteiger partial charge >= 0.3 is 0 Å². The first kappa shape index (κ1) is 32.2. The molecule has 4 atom stereocenters. The third kappa shape index (κ3) is 8.02. The lowest BCUT2D eigenvalue weighted by Gasteiger charge is -2.36. The van der Waals surface area contributed by atoms with Crippen LogP contribution in [0.5, 0.6) is 0 Å². The summed E-state index contributed by atoms with van der Waals surface area (Å²) in [6, 6.07) is 7.14. The molecule has 230 valence electrons. The molecule has 2 N–H and O–H groups in total. The number of carbonyl (C=O) groups is 3. The van der Waals surface area contributed by atoms with Crippen molar-refractivity contribution in [2.45, 2.75) is 65.3 Å². The number of nitrogens with zero attached hydrogens (tertiary/aromatic N) is 3. The number of aromatic nitrogens is 1. The molecule has 2 aliphatic heterocycles. The van der Waals surface area contributed by atoms with Gasteiger partial charge in [-0.05, 0) is 23.5 Å². The monoisotopic (exact) mass is 600 g/mol. The molecule has 0 radical (unpaired) electrons. The molecule has 11 heteroatoms. The van der Waals surface area contributed by atoms with Gasteiger partial charge in [-0.3, -0.25) is 19.3 Å². The number of nitrogens with one attached hydrogen (secondary N) is 1. The highest BCUT2D eigenvalue weighted by molar-refractivity contribution is 7.13. The Bertz CT molecular complexity index is 1230. The van der Waals surface area contributed by atoms with Gasteiger partial charge in [0.15, 0.2) is 5.78 Å². The second kappa shape index (κ2) is 14.2. The first-order chi connectivity index (χ1) is 20.0. The molecule has 4 rings (SSSR count). The number of thiazole rings is 1. The Labute approximate surface area is 252 Å². The van der Waals surface area contributed by atoms with Crippen molar-refractivity contribution in [1.29, 1.82) is 0 Å².